The Morgan fingerprint density at radius 3 is 2.84 bits per heavy atom. The van der Waals surface area contributed by atoms with Gasteiger partial charge < -0.3 is 5.11 Å². The van der Waals surface area contributed by atoms with Gasteiger partial charge in [0.15, 0.2) is 0 Å². The molecule has 19 heavy (non-hydrogen) atoms. The van der Waals surface area contributed by atoms with Crippen LogP contribution >= 0.6 is 15.9 Å². The van der Waals surface area contributed by atoms with E-state index in [9.17, 15) is 5.11 Å². The van der Waals surface area contributed by atoms with E-state index < -0.39 is 0 Å². The van der Waals surface area contributed by atoms with Crippen LogP contribution in [0.2, 0.25) is 0 Å². The number of phenols is 1. The van der Waals surface area contributed by atoms with Gasteiger partial charge in [0.1, 0.15) is 11.4 Å². The largest absolute Gasteiger partial charge is 0.506 e. The van der Waals surface area contributed by atoms with Crippen molar-refractivity contribution in [1.82, 2.24) is 5.43 Å². The molecule has 1 aliphatic carbocycles. The second-order valence-corrected chi connectivity index (χ2v) is 4.74. The van der Waals surface area contributed by atoms with E-state index in [1.165, 1.54) is 0 Å². The van der Waals surface area contributed by atoms with Crippen molar-refractivity contribution in [3.05, 3.63) is 47.0 Å². The van der Waals surface area contributed by atoms with E-state index in [-0.39, 0.29) is 11.8 Å². The van der Waals surface area contributed by atoms with Gasteiger partial charge in [-0.15, -0.1) is 0 Å². The summed E-state index contributed by atoms with van der Waals surface area (Å²) in [5, 5.41) is 15.8. The Bertz CT molecular complexity index is 552. The maximum Gasteiger partial charge on any atom is 0.142 e. The van der Waals surface area contributed by atoms with Crippen molar-refractivity contribution in [2.45, 2.75) is 19.9 Å². The number of hydrogen-bond acceptors (Lipinski definition) is 4. The van der Waals surface area contributed by atoms with Gasteiger partial charge in [-0.1, -0.05) is 48.0 Å². The Hall–Kier alpha value is -1.59. The number of anilines is 1. The van der Waals surface area contributed by atoms with Gasteiger partial charge in [-0.3, -0.25) is 0 Å². The molecule has 1 unspecified atom stereocenters. The first kappa shape index (κ1) is 13.8. The molecule has 100 valence electrons. The summed E-state index contributed by atoms with van der Waals surface area (Å²) in [6.45, 7) is 4.00. The number of rotatable bonds is 1. The van der Waals surface area contributed by atoms with Crippen molar-refractivity contribution in [3.8, 4) is 5.75 Å². The van der Waals surface area contributed by atoms with Crippen LogP contribution in [0.4, 0.5) is 5.69 Å². The summed E-state index contributed by atoms with van der Waals surface area (Å²) < 4.78 is 0.897. The van der Waals surface area contributed by atoms with Crippen LogP contribution < -0.4 is 10.5 Å². The molecule has 0 aromatic heterocycles. The summed E-state index contributed by atoms with van der Waals surface area (Å²) in [5.74, 6) is 0.191. The third-order valence-electron chi connectivity index (χ3n) is 2.64. The van der Waals surface area contributed by atoms with E-state index in [1.807, 2.05) is 44.2 Å². The summed E-state index contributed by atoms with van der Waals surface area (Å²) in [7, 11) is 0. The molecule has 2 aliphatic rings. The smallest absolute Gasteiger partial charge is 0.142 e. The van der Waals surface area contributed by atoms with Crippen LogP contribution in [0.1, 0.15) is 13.8 Å². The topological polar surface area (TPSA) is 47.9 Å². The molecule has 0 radical (unpaired) electrons. The first-order chi connectivity index (χ1) is 9.24. The Kier molecular flexibility index (Phi) is 4.39. The Morgan fingerprint density at radius 1 is 1.32 bits per heavy atom. The number of phenolic OH excluding ortho intramolecular Hbond substituents is 1. The molecule has 5 heteroatoms. The molecule has 0 spiro atoms. The maximum atomic E-state index is 9.82. The lowest BCUT2D eigenvalue weighted by molar-refractivity contribution is 0.472. The van der Waals surface area contributed by atoms with Gasteiger partial charge in [0.2, 0.25) is 0 Å². The number of hydrogen-bond donors (Lipinski definition) is 2. The van der Waals surface area contributed by atoms with Gasteiger partial charge in [-0.05, 0) is 24.3 Å². The van der Waals surface area contributed by atoms with Crippen molar-refractivity contribution >= 4 is 27.3 Å². The Labute approximate surface area is 121 Å². The zero-order valence-corrected chi connectivity index (χ0v) is 12.4. The summed E-state index contributed by atoms with van der Waals surface area (Å²) in [6, 6.07) is 5.32. The molecule has 0 saturated heterocycles. The second kappa shape index (κ2) is 6.04. The highest BCUT2D eigenvalue weighted by molar-refractivity contribution is 9.10. The minimum atomic E-state index is 0.0818. The highest BCUT2D eigenvalue weighted by Gasteiger charge is 2.25. The minimum absolute atomic E-state index is 0.0818. The van der Waals surface area contributed by atoms with Crippen LogP contribution in [-0.2, 0) is 0 Å². The molecule has 1 aromatic carbocycles. The number of nitrogens with one attached hydrogen (secondary N) is 1. The zero-order chi connectivity index (χ0) is 13.8. The van der Waals surface area contributed by atoms with Crippen LogP contribution in [0, 0.1) is 0 Å². The summed E-state index contributed by atoms with van der Waals surface area (Å²) in [6.07, 6.45) is 7.89. The fourth-order valence-electron chi connectivity index (χ4n) is 1.80. The van der Waals surface area contributed by atoms with Gasteiger partial charge in [-0.25, -0.2) is 0 Å². The summed E-state index contributed by atoms with van der Waals surface area (Å²) in [5.41, 5.74) is 4.75. The lowest BCUT2D eigenvalue weighted by atomic mass is 10.1. The van der Waals surface area contributed by atoms with Crippen molar-refractivity contribution in [2.75, 3.05) is 5.12 Å². The van der Waals surface area contributed by atoms with Gasteiger partial charge in [0.25, 0.3) is 0 Å². The predicted molar refractivity (Wildman–Crippen MR) is 82.3 cm³/mol. The van der Waals surface area contributed by atoms with E-state index in [2.05, 4.69) is 26.5 Å². The molecule has 0 amide bonds. The molecule has 2 N–H and O–H groups in total. The fourth-order valence-corrected chi connectivity index (χ4v) is 2.15. The lowest BCUT2D eigenvalue weighted by Gasteiger charge is -2.17. The number of aromatic hydroxyl groups is 1. The lowest BCUT2D eigenvalue weighted by Crippen LogP contribution is -2.36. The summed E-state index contributed by atoms with van der Waals surface area (Å²) in [4.78, 5) is 0. The fraction of sp³-hybridized carbons (Fsp3) is 0.214. The van der Waals surface area contributed by atoms with Crippen LogP contribution in [0.5, 0.6) is 5.75 Å². The van der Waals surface area contributed by atoms with Crippen LogP contribution in [-0.4, -0.2) is 16.9 Å². The Morgan fingerprint density at radius 2 is 2.11 bits per heavy atom. The SMILES string of the molecule is CC.Oc1ccc(Br)cc1N1N=C2C=CC=CC2N1. The highest BCUT2D eigenvalue weighted by atomic mass is 79.9. The van der Waals surface area contributed by atoms with Crippen molar-refractivity contribution < 1.29 is 5.11 Å². The first-order valence-electron chi connectivity index (χ1n) is 6.22. The number of benzene rings is 1. The standard InChI is InChI=1S/C12H10BrN3O.C2H6/c13-8-5-6-12(17)11(7-8)16-14-9-3-1-2-4-10(9)15-16;1-2/h1-7,9,14,17H;1-2H3. The van der Waals surface area contributed by atoms with Crippen LogP contribution in [0.25, 0.3) is 0 Å². The molecule has 4 nitrogen and oxygen atoms in total. The van der Waals surface area contributed by atoms with E-state index in [4.69, 9.17) is 0 Å². The second-order valence-electron chi connectivity index (χ2n) is 3.82. The molecule has 1 aliphatic heterocycles. The monoisotopic (exact) mass is 321 g/mol. The molecule has 0 saturated carbocycles. The van der Waals surface area contributed by atoms with Crippen molar-refractivity contribution in [2.24, 2.45) is 5.10 Å². The molecule has 1 atom stereocenters. The van der Waals surface area contributed by atoms with Crippen molar-refractivity contribution in [3.63, 3.8) is 0 Å². The van der Waals surface area contributed by atoms with Crippen molar-refractivity contribution in [1.29, 1.82) is 0 Å². The minimum Gasteiger partial charge on any atom is -0.506 e. The molecule has 1 aromatic rings. The van der Waals surface area contributed by atoms with Gasteiger partial charge in [0.05, 0.1) is 11.8 Å². The van der Waals surface area contributed by atoms with Gasteiger partial charge >= 0.3 is 0 Å². The molecular formula is C14H16BrN3O. The highest BCUT2D eigenvalue weighted by Crippen LogP contribution is 2.31. The zero-order valence-electron chi connectivity index (χ0n) is 10.8. The normalized spacial score (nSPS) is 19.6. The van der Waals surface area contributed by atoms with E-state index >= 15 is 0 Å². The number of hydrazone groups is 1. The quantitative estimate of drug-likeness (QED) is 0.833. The summed E-state index contributed by atoms with van der Waals surface area (Å²) >= 11 is 3.38. The predicted octanol–water partition coefficient (Wildman–Crippen LogP) is 3.36. The average molecular weight is 322 g/mol. The third kappa shape index (κ3) is 2.88. The van der Waals surface area contributed by atoms with E-state index in [0.29, 0.717) is 5.69 Å². The van der Waals surface area contributed by atoms with Gasteiger partial charge in [-0.2, -0.15) is 15.6 Å². The third-order valence-corrected chi connectivity index (χ3v) is 3.14. The number of nitrogens with zero attached hydrogens (tertiary/aromatic N) is 2. The first-order valence-corrected chi connectivity index (χ1v) is 7.01. The molecule has 0 bridgehead atoms. The molecular weight excluding hydrogens is 306 g/mol. The number of halogens is 1. The van der Waals surface area contributed by atoms with E-state index in [0.717, 1.165) is 10.2 Å². The number of allylic oxidation sites excluding steroid dienone is 2. The maximum absolute atomic E-state index is 9.82. The average Bonchev–Trinajstić information content (AvgIpc) is 2.87. The molecule has 0 fully saturated rings. The molecule has 3 rings (SSSR count). The van der Waals surface area contributed by atoms with Gasteiger partial charge in [0, 0.05) is 4.47 Å². The Balaban J connectivity index is 0.000000637. The van der Waals surface area contributed by atoms with Crippen LogP contribution in [0.15, 0.2) is 52.1 Å². The number of fused-ring (bicyclic) bond motifs is 1. The molecule has 1 heterocycles. The number of hydrazine groups is 1. The van der Waals surface area contributed by atoms with Crippen LogP contribution in [0.3, 0.4) is 0 Å². The van der Waals surface area contributed by atoms with E-state index in [1.54, 1.807) is 17.3 Å².